The molecule has 1 atom stereocenters. The van der Waals surface area contributed by atoms with Crippen molar-refractivity contribution in [1.29, 1.82) is 0 Å². The topological polar surface area (TPSA) is 92.6 Å². The van der Waals surface area contributed by atoms with E-state index in [2.05, 4.69) is 15.0 Å². The van der Waals surface area contributed by atoms with Gasteiger partial charge in [-0.05, 0) is 38.7 Å². The van der Waals surface area contributed by atoms with Gasteiger partial charge in [0.2, 0.25) is 5.95 Å². The van der Waals surface area contributed by atoms with E-state index in [9.17, 15) is 5.11 Å². The van der Waals surface area contributed by atoms with Crippen molar-refractivity contribution in [3.8, 4) is 0 Å². The molecule has 29 heavy (non-hydrogen) atoms. The third-order valence-electron chi connectivity index (χ3n) is 4.99. The Balaban J connectivity index is 2.13. The van der Waals surface area contributed by atoms with Crippen molar-refractivity contribution in [2.45, 2.75) is 13.8 Å². The lowest BCUT2D eigenvalue weighted by Gasteiger charge is -2.22. The molecular weight excluding hydrogens is 388 g/mol. The number of fused-ring (bicyclic) bond motifs is 1. The highest BCUT2D eigenvalue weighted by molar-refractivity contribution is 6.30. The molecule has 3 rings (SSSR count). The summed E-state index contributed by atoms with van der Waals surface area (Å²) in [5.41, 5.74) is 11.9. The highest BCUT2D eigenvalue weighted by Crippen LogP contribution is 2.34. The number of hydrogen-bond acceptors (Lipinski definition) is 5. The first-order valence-electron chi connectivity index (χ1n) is 9.47. The van der Waals surface area contributed by atoms with Crippen molar-refractivity contribution in [3.63, 3.8) is 0 Å². The summed E-state index contributed by atoms with van der Waals surface area (Å²) in [5.74, 6) is 0.0499. The van der Waals surface area contributed by atoms with E-state index in [-0.39, 0.29) is 24.1 Å². The second-order valence-electron chi connectivity index (χ2n) is 7.32. The average Bonchev–Trinajstić information content (AvgIpc) is 3.05. The molecule has 154 valence electrons. The maximum atomic E-state index is 12.5. The van der Waals surface area contributed by atoms with Gasteiger partial charge >= 0.3 is 0 Å². The number of likely N-dealkylation sites (N-methyl/N-ethyl adjacent to an activating group) is 1. The SMILES string of the molecule is CC1=Nc2nc(C([O-])=NCCN(C)C)cn2C(c2ccc(Cl)cc2)=C(C[NH-])[C@H]1C. The number of aromatic nitrogens is 2. The lowest BCUT2D eigenvalue weighted by Crippen LogP contribution is -2.22. The van der Waals surface area contributed by atoms with Gasteiger partial charge in [-0.2, -0.15) is 0 Å². The molecule has 1 aliphatic rings. The average molecular weight is 413 g/mol. The molecule has 0 saturated heterocycles. The fourth-order valence-electron chi connectivity index (χ4n) is 3.19. The number of nitrogens with one attached hydrogen (secondary N) is 1. The van der Waals surface area contributed by atoms with Gasteiger partial charge in [0, 0.05) is 35.3 Å². The molecule has 0 saturated carbocycles. The van der Waals surface area contributed by atoms with E-state index in [4.69, 9.17) is 17.3 Å². The minimum absolute atomic E-state index is 0.0104. The maximum absolute atomic E-state index is 12.5. The summed E-state index contributed by atoms with van der Waals surface area (Å²) in [4.78, 5) is 15.2. The van der Waals surface area contributed by atoms with Crippen LogP contribution in [0.3, 0.4) is 0 Å². The van der Waals surface area contributed by atoms with Gasteiger partial charge in [0.05, 0.1) is 17.9 Å². The smallest absolute Gasteiger partial charge is 0.234 e. The highest BCUT2D eigenvalue weighted by Gasteiger charge is 2.23. The largest absolute Gasteiger partial charge is 0.857 e. The van der Waals surface area contributed by atoms with E-state index in [1.165, 1.54) is 0 Å². The van der Waals surface area contributed by atoms with E-state index in [0.29, 0.717) is 24.1 Å². The molecule has 0 unspecified atom stereocenters. The molecule has 0 aliphatic carbocycles. The summed E-state index contributed by atoms with van der Waals surface area (Å²) in [5, 5.41) is 13.2. The van der Waals surface area contributed by atoms with E-state index in [0.717, 1.165) is 22.5 Å². The van der Waals surface area contributed by atoms with E-state index < -0.39 is 0 Å². The van der Waals surface area contributed by atoms with Crippen LogP contribution in [0.4, 0.5) is 5.95 Å². The van der Waals surface area contributed by atoms with E-state index in [1.807, 2.05) is 57.1 Å². The fourth-order valence-corrected chi connectivity index (χ4v) is 3.31. The Kier molecular flexibility index (Phi) is 6.52. The van der Waals surface area contributed by atoms with Crippen LogP contribution in [0.2, 0.25) is 5.02 Å². The van der Waals surface area contributed by atoms with E-state index >= 15 is 0 Å². The molecule has 1 N–H and O–H groups in total. The molecule has 2 aromatic rings. The number of nitrogens with zero attached hydrogens (tertiary/aromatic N) is 5. The van der Waals surface area contributed by atoms with Crippen LogP contribution in [0.5, 0.6) is 0 Å². The van der Waals surface area contributed by atoms with Gasteiger partial charge in [-0.1, -0.05) is 36.2 Å². The summed E-state index contributed by atoms with van der Waals surface area (Å²) in [6.07, 6.45) is 1.67. The first-order chi connectivity index (χ1) is 13.8. The number of rotatable bonds is 6. The number of hydrogen-bond donors (Lipinski definition) is 0. The molecule has 0 radical (unpaired) electrons. The minimum Gasteiger partial charge on any atom is -0.857 e. The Morgan fingerprint density at radius 1 is 1.31 bits per heavy atom. The number of halogens is 1. The van der Waals surface area contributed by atoms with Crippen LogP contribution >= 0.6 is 11.6 Å². The van der Waals surface area contributed by atoms with Gasteiger partial charge < -0.3 is 15.7 Å². The molecule has 1 aliphatic heterocycles. The van der Waals surface area contributed by atoms with Crippen LogP contribution in [-0.2, 0) is 0 Å². The third-order valence-corrected chi connectivity index (χ3v) is 5.24. The maximum Gasteiger partial charge on any atom is 0.234 e. The Morgan fingerprint density at radius 2 is 2.00 bits per heavy atom. The normalized spacial score (nSPS) is 17.4. The molecule has 0 amide bonds. The second-order valence-corrected chi connectivity index (χ2v) is 7.76. The fraction of sp³-hybridized carbons (Fsp3) is 0.381. The molecule has 1 aromatic heterocycles. The Labute approximate surface area is 176 Å². The molecule has 1 aromatic carbocycles. The molecule has 8 heteroatoms. The Morgan fingerprint density at radius 3 is 2.62 bits per heavy atom. The molecule has 0 bridgehead atoms. The van der Waals surface area contributed by atoms with Crippen molar-refractivity contribution in [1.82, 2.24) is 14.5 Å². The quantitative estimate of drug-likeness (QED) is 0.538. The van der Waals surface area contributed by atoms with Gasteiger partial charge in [-0.15, -0.1) is 6.54 Å². The zero-order chi connectivity index (χ0) is 21.1. The summed E-state index contributed by atoms with van der Waals surface area (Å²) < 4.78 is 1.80. The van der Waals surface area contributed by atoms with Gasteiger partial charge in [0.15, 0.2) is 0 Å². The summed E-state index contributed by atoms with van der Waals surface area (Å²) in [6, 6.07) is 7.45. The second kappa shape index (κ2) is 8.90. The van der Waals surface area contributed by atoms with Crippen LogP contribution in [-0.4, -0.2) is 59.8 Å². The van der Waals surface area contributed by atoms with E-state index in [1.54, 1.807) is 10.8 Å². The number of benzene rings is 1. The zero-order valence-electron chi connectivity index (χ0n) is 17.1. The highest BCUT2D eigenvalue weighted by atomic mass is 35.5. The van der Waals surface area contributed by atoms with Crippen molar-refractivity contribution in [2.24, 2.45) is 15.9 Å². The minimum atomic E-state index is -0.365. The summed E-state index contributed by atoms with van der Waals surface area (Å²) in [7, 11) is 3.87. The number of aliphatic imine (C=N–C) groups is 2. The molecule has 0 fully saturated rings. The predicted octanol–water partition coefficient (Wildman–Crippen LogP) is 3.26. The monoisotopic (exact) mass is 412 g/mol. The first-order valence-corrected chi connectivity index (χ1v) is 9.84. The standard InChI is InChI=1S/C21H26ClN6O/c1-13-14(2)25-21-26-18(20(29)24-9-10-27(3)4)12-28(21)19(17(13)11-23)15-5-7-16(22)8-6-15/h5-8,12-13,23H,9-11H2,1-4H3,(H,24,29)/q-1/p-1/t13-/m0/s1. The van der Waals surface area contributed by atoms with Gasteiger partial charge in [0.1, 0.15) is 0 Å². The molecule has 7 nitrogen and oxygen atoms in total. The zero-order valence-corrected chi connectivity index (χ0v) is 17.9. The van der Waals surface area contributed by atoms with Gasteiger partial charge in [-0.3, -0.25) is 9.56 Å². The van der Waals surface area contributed by atoms with Crippen molar-refractivity contribution in [3.05, 3.63) is 58.0 Å². The van der Waals surface area contributed by atoms with Crippen molar-refractivity contribution in [2.75, 3.05) is 33.7 Å². The summed E-state index contributed by atoms with van der Waals surface area (Å²) in [6.45, 7) is 5.17. The van der Waals surface area contributed by atoms with Gasteiger partial charge in [-0.25, -0.2) is 9.98 Å². The van der Waals surface area contributed by atoms with Crippen molar-refractivity contribution < 1.29 is 5.11 Å². The van der Waals surface area contributed by atoms with Crippen molar-refractivity contribution >= 4 is 34.9 Å². The first kappa shape index (κ1) is 21.2. The summed E-state index contributed by atoms with van der Waals surface area (Å²) >= 11 is 6.07. The van der Waals surface area contributed by atoms with Crippen LogP contribution in [0.25, 0.3) is 11.4 Å². The predicted molar refractivity (Wildman–Crippen MR) is 117 cm³/mol. The van der Waals surface area contributed by atoms with Crippen LogP contribution in [0.15, 0.2) is 46.0 Å². The molecule has 0 spiro atoms. The lowest BCUT2D eigenvalue weighted by molar-refractivity contribution is -0.213. The van der Waals surface area contributed by atoms with Crippen LogP contribution in [0.1, 0.15) is 25.1 Å². The van der Waals surface area contributed by atoms with Crippen LogP contribution < -0.4 is 5.11 Å². The Hall–Kier alpha value is -2.48. The van der Waals surface area contributed by atoms with Crippen LogP contribution in [0, 0.1) is 5.92 Å². The molecular formula is C21H25ClN6O-2. The third kappa shape index (κ3) is 4.58. The van der Waals surface area contributed by atoms with Gasteiger partial charge in [0.25, 0.3) is 0 Å². The number of imidazole rings is 1. The molecule has 2 heterocycles. The lowest BCUT2D eigenvalue weighted by atomic mass is 9.92. The Bertz CT molecular complexity index is 972.